The number of hydrogen-bond donors (Lipinski definition) is 0. The van der Waals surface area contributed by atoms with Gasteiger partial charge in [0.1, 0.15) is 0 Å². The second-order valence-electron chi connectivity index (χ2n) is 6.32. The van der Waals surface area contributed by atoms with E-state index >= 15 is 0 Å². The molecule has 3 heteroatoms. The van der Waals surface area contributed by atoms with Crippen molar-refractivity contribution in [2.45, 2.75) is 25.7 Å². The molecule has 1 aromatic heterocycles. The molecule has 0 saturated carbocycles. The van der Waals surface area contributed by atoms with Crippen LogP contribution in [0.2, 0.25) is 0 Å². The van der Waals surface area contributed by atoms with Gasteiger partial charge in [0.05, 0.1) is 5.69 Å². The predicted octanol–water partition coefficient (Wildman–Crippen LogP) is 4.04. The molecule has 3 aromatic rings. The molecule has 2 aromatic carbocycles. The summed E-state index contributed by atoms with van der Waals surface area (Å²) in [7, 11) is 0. The van der Waals surface area contributed by atoms with Gasteiger partial charge in [0.2, 0.25) is 6.79 Å². The van der Waals surface area contributed by atoms with Gasteiger partial charge in [-0.25, -0.2) is 0 Å². The van der Waals surface area contributed by atoms with E-state index in [2.05, 4.69) is 29.2 Å². The van der Waals surface area contributed by atoms with Crippen molar-refractivity contribution in [1.29, 1.82) is 0 Å². The van der Waals surface area contributed by atoms with Crippen LogP contribution in [0.1, 0.15) is 28.8 Å². The number of aryl methyl sites for hydroxylation is 2. The molecule has 23 heavy (non-hydrogen) atoms. The highest BCUT2D eigenvalue weighted by Crippen LogP contribution is 2.37. The fourth-order valence-electron chi connectivity index (χ4n) is 3.69. The minimum absolute atomic E-state index is 0.305. The summed E-state index contributed by atoms with van der Waals surface area (Å²) in [5.41, 5.74) is 5.46. The quantitative estimate of drug-likeness (QED) is 0.716. The van der Waals surface area contributed by atoms with Crippen molar-refractivity contribution in [3.05, 3.63) is 65.0 Å². The molecule has 5 rings (SSSR count). The second kappa shape index (κ2) is 4.98. The summed E-state index contributed by atoms with van der Waals surface area (Å²) in [4.78, 5) is 4.62. The van der Waals surface area contributed by atoms with Crippen molar-refractivity contribution in [3.63, 3.8) is 0 Å². The molecule has 0 spiro atoms. The van der Waals surface area contributed by atoms with Crippen molar-refractivity contribution in [1.82, 2.24) is 4.98 Å². The fraction of sp³-hybridized carbons (Fsp3) is 0.250. The Hall–Kier alpha value is -2.55. The van der Waals surface area contributed by atoms with E-state index in [1.54, 1.807) is 0 Å². The zero-order valence-corrected chi connectivity index (χ0v) is 12.8. The molecule has 2 heterocycles. The van der Waals surface area contributed by atoms with Crippen LogP contribution >= 0.6 is 0 Å². The normalized spacial score (nSPS) is 15.1. The number of aromatic nitrogens is 1. The summed E-state index contributed by atoms with van der Waals surface area (Å²) in [6, 6.07) is 13.0. The first-order valence-corrected chi connectivity index (χ1v) is 8.15. The Bertz CT molecular complexity index is 917. The first-order valence-electron chi connectivity index (χ1n) is 8.15. The fourth-order valence-corrected chi connectivity index (χ4v) is 3.69. The molecule has 0 bridgehead atoms. The number of fused-ring (bicyclic) bond motifs is 3. The lowest BCUT2D eigenvalue weighted by Crippen LogP contribution is -1.95. The molecule has 0 unspecified atom stereocenters. The van der Waals surface area contributed by atoms with Gasteiger partial charge in [0, 0.05) is 18.0 Å². The zero-order chi connectivity index (χ0) is 15.2. The number of rotatable bonds is 2. The van der Waals surface area contributed by atoms with Crippen LogP contribution in [0.4, 0.5) is 0 Å². The Kier molecular flexibility index (Phi) is 2.80. The maximum atomic E-state index is 5.52. The Morgan fingerprint density at radius 3 is 2.74 bits per heavy atom. The van der Waals surface area contributed by atoms with E-state index in [4.69, 9.17) is 9.47 Å². The summed E-state index contributed by atoms with van der Waals surface area (Å²) >= 11 is 0. The standard InChI is InChI=1S/C20H17NO2/c1-2-14-5-4-13(8-15(14)3-1)9-18-17-11-20-19(22-12-23-20)10-16(17)6-7-21-18/h4-8,10-11H,1-3,9,12H2. The predicted molar refractivity (Wildman–Crippen MR) is 89.1 cm³/mol. The van der Waals surface area contributed by atoms with Crippen LogP contribution < -0.4 is 9.47 Å². The van der Waals surface area contributed by atoms with Crippen LogP contribution in [0.25, 0.3) is 10.8 Å². The molecule has 0 N–H and O–H groups in total. The van der Waals surface area contributed by atoms with Crippen LogP contribution in [0.5, 0.6) is 11.5 Å². The third-order valence-corrected chi connectivity index (χ3v) is 4.87. The van der Waals surface area contributed by atoms with Crippen LogP contribution in [0.3, 0.4) is 0 Å². The van der Waals surface area contributed by atoms with E-state index in [-0.39, 0.29) is 0 Å². The second-order valence-corrected chi connectivity index (χ2v) is 6.32. The molecular formula is C20H17NO2. The van der Waals surface area contributed by atoms with Crippen molar-refractivity contribution in [2.24, 2.45) is 0 Å². The maximum absolute atomic E-state index is 5.52. The molecule has 114 valence electrons. The van der Waals surface area contributed by atoms with E-state index in [1.807, 2.05) is 18.3 Å². The van der Waals surface area contributed by atoms with Crippen LogP contribution in [-0.2, 0) is 19.3 Å². The highest BCUT2D eigenvalue weighted by molar-refractivity contribution is 5.88. The molecule has 2 aliphatic rings. The highest BCUT2D eigenvalue weighted by atomic mass is 16.7. The largest absolute Gasteiger partial charge is 0.454 e. The monoisotopic (exact) mass is 303 g/mol. The van der Waals surface area contributed by atoms with Gasteiger partial charge in [0.15, 0.2) is 11.5 Å². The van der Waals surface area contributed by atoms with Crippen molar-refractivity contribution < 1.29 is 9.47 Å². The van der Waals surface area contributed by atoms with Crippen molar-refractivity contribution in [2.75, 3.05) is 6.79 Å². The maximum Gasteiger partial charge on any atom is 0.231 e. The summed E-state index contributed by atoms with van der Waals surface area (Å²) in [6.45, 7) is 0.305. The van der Waals surface area contributed by atoms with Gasteiger partial charge in [-0.1, -0.05) is 18.2 Å². The molecule has 3 nitrogen and oxygen atoms in total. The van der Waals surface area contributed by atoms with Crippen LogP contribution in [0, 0.1) is 0 Å². The summed E-state index contributed by atoms with van der Waals surface area (Å²) in [5.74, 6) is 1.65. The van der Waals surface area contributed by atoms with Crippen LogP contribution in [-0.4, -0.2) is 11.8 Å². The third-order valence-electron chi connectivity index (χ3n) is 4.87. The Morgan fingerprint density at radius 2 is 1.78 bits per heavy atom. The van der Waals surface area contributed by atoms with E-state index in [0.29, 0.717) is 6.79 Å². The van der Waals surface area contributed by atoms with Gasteiger partial charge in [-0.05, 0) is 59.5 Å². The average Bonchev–Trinajstić information content (AvgIpc) is 3.21. The van der Waals surface area contributed by atoms with E-state index in [9.17, 15) is 0 Å². The minimum Gasteiger partial charge on any atom is -0.454 e. The topological polar surface area (TPSA) is 31.4 Å². The zero-order valence-electron chi connectivity index (χ0n) is 12.8. The van der Waals surface area contributed by atoms with E-state index in [0.717, 1.165) is 34.4 Å². The lowest BCUT2D eigenvalue weighted by Gasteiger charge is -2.08. The van der Waals surface area contributed by atoms with Gasteiger partial charge >= 0.3 is 0 Å². The third kappa shape index (κ3) is 2.15. The molecule has 1 aliphatic heterocycles. The number of benzene rings is 2. The average molecular weight is 303 g/mol. The van der Waals surface area contributed by atoms with Crippen LogP contribution in [0.15, 0.2) is 42.6 Å². The van der Waals surface area contributed by atoms with Gasteiger partial charge in [-0.2, -0.15) is 0 Å². The number of pyridine rings is 1. The van der Waals surface area contributed by atoms with E-state index in [1.165, 1.54) is 36.0 Å². The molecular weight excluding hydrogens is 286 g/mol. The number of hydrogen-bond acceptors (Lipinski definition) is 3. The molecule has 0 saturated heterocycles. The molecule has 0 amide bonds. The molecule has 0 radical (unpaired) electrons. The summed E-state index contributed by atoms with van der Waals surface area (Å²) in [6.07, 6.45) is 6.46. The van der Waals surface area contributed by atoms with Gasteiger partial charge < -0.3 is 9.47 Å². The SMILES string of the molecule is c1cc2cc3c(cc2c(Cc2ccc4c(c2)CCC4)n1)OCO3. The van der Waals surface area contributed by atoms with Crippen molar-refractivity contribution >= 4 is 10.8 Å². The van der Waals surface area contributed by atoms with Crippen molar-refractivity contribution in [3.8, 4) is 11.5 Å². The van der Waals surface area contributed by atoms with Gasteiger partial charge in [-0.3, -0.25) is 4.98 Å². The summed E-state index contributed by atoms with van der Waals surface area (Å²) < 4.78 is 11.0. The Morgan fingerprint density at radius 1 is 0.913 bits per heavy atom. The summed E-state index contributed by atoms with van der Waals surface area (Å²) in [5, 5.41) is 2.30. The molecule has 0 fully saturated rings. The highest BCUT2D eigenvalue weighted by Gasteiger charge is 2.16. The Labute approximate surface area is 134 Å². The smallest absolute Gasteiger partial charge is 0.231 e. The van der Waals surface area contributed by atoms with E-state index < -0.39 is 0 Å². The number of ether oxygens (including phenoxy) is 2. The van der Waals surface area contributed by atoms with Gasteiger partial charge in [-0.15, -0.1) is 0 Å². The minimum atomic E-state index is 0.305. The first kappa shape index (κ1) is 12.9. The lowest BCUT2D eigenvalue weighted by molar-refractivity contribution is 0.174. The molecule has 1 aliphatic carbocycles. The Balaban J connectivity index is 1.57. The molecule has 0 atom stereocenters. The number of nitrogens with zero attached hydrogens (tertiary/aromatic N) is 1. The van der Waals surface area contributed by atoms with Gasteiger partial charge in [0.25, 0.3) is 0 Å². The lowest BCUT2D eigenvalue weighted by atomic mass is 10.00. The first-order chi connectivity index (χ1) is 11.4.